The third kappa shape index (κ3) is 3.44. The minimum Gasteiger partial charge on any atom is -0.463 e. The lowest BCUT2D eigenvalue weighted by Crippen LogP contribution is -2.17. The fourth-order valence-electron chi connectivity index (χ4n) is 1.96. The summed E-state index contributed by atoms with van der Waals surface area (Å²) in [6.07, 6.45) is 4.68. The van der Waals surface area contributed by atoms with Crippen molar-refractivity contribution in [2.24, 2.45) is 0 Å². The first-order valence-electron chi connectivity index (χ1n) is 6.41. The Morgan fingerprint density at radius 1 is 1.37 bits per heavy atom. The predicted octanol–water partition coefficient (Wildman–Crippen LogP) is 2.60. The van der Waals surface area contributed by atoms with E-state index in [0.717, 1.165) is 17.7 Å². The first kappa shape index (κ1) is 13.3. The number of aromatic nitrogens is 2. The highest BCUT2D eigenvalue weighted by molar-refractivity contribution is 5.65. The second-order valence-corrected chi connectivity index (χ2v) is 4.39. The van der Waals surface area contributed by atoms with E-state index < -0.39 is 0 Å². The van der Waals surface area contributed by atoms with Gasteiger partial charge in [0.1, 0.15) is 6.61 Å². The zero-order chi connectivity index (χ0) is 13.7. The van der Waals surface area contributed by atoms with Crippen molar-refractivity contribution in [1.29, 1.82) is 0 Å². The maximum atomic E-state index is 11.0. The molecule has 0 N–H and O–H groups in total. The summed E-state index contributed by atoms with van der Waals surface area (Å²) in [7, 11) is 0. The summed E-state index contributed by atoms with van der Waals surface area (Å²) in [6.45, 7) is 3.81. The molecule has 4 heteroatoms. The van der Waals surface area contributed by atoms with Crippen molar-refractivity contribution >= 4 is 5.97 Å². The molecule has 1 aromatic carbocycles. The van der Waals surface area contributed by atoms with Crippen molar-refractivity contribution in [2.75, 3.05) is 6.61 Å². The Morgan fingerprint density at radius 3 is 2.68 bits per heavy atom. The average molecular weight is 258 g/mol. The molecule has 1 aromatic heterocycles. The standard InChI is InChI=1S/C15H18N2O2/c1-3-14-9-17(11-16-14)15(10-19-12(2)18)13-7-5-4-6-8-13/h4-9,11,15H,3,10H2,1-2H3. The molecule has 1 atom stereocenters. The van der Waals surface area contributed by atoms with Gasteiger partial charge in [0.05, 0.1) is 18.1 Å². The van der Waals surface area contributed by atoms with Crippen LogP contribution in [0.4, 0.5) is 0 Å². The molecular weight excluding hydrogens is 240 g/mol. The smallest absolute Gasteiger partial charge is 0.302 e. The molecule has 2 aromatic rings. The summed E-state index contributed by atoms with van der Waals surface area (Å²) < 4.78 is 7.17. The molecule has 0 radical (unpaired) electrons. The summed E-state index contributed by atoms with van der Waals surface area (Å²) in [5.41, 5.74) is 2.13. The summed E-state index contributed by atoms with van der Waals surface area (Å²) in [6, 6.07) is 9.96. The van der Waals surface area contributed by atoms with E-state index in [1.54, 1.807) is 6.33 Å². The van der Waals surface area contributed by atoms with Gasteiger partial charge in [0.25, 0.3) is 0 Å². The first-order chi connectivity index (χ1) is 9.20. The average Bonchev–Trinajstić information content (AvgIpc) is 2.89. The topological polar surface area (TPSA) is 44.1 Å². The van der Waals surface area contributed by atoms with Crippen LogP contribution in [0, 0.1) is 0 Å². The highest BCUT2D eigenvalue weighted by Crippen LogP contribution is 2.19. The van der Waals surface area contributed by atoms with Gasteiger partial charge in [-0.25, -0.2) is 4.98 Å². The molecule has 0 saturated heterocycles. The Kier molecular flexibility index (Phi) is 4.34. The van der Waals surface area contributed by atoms with Crippen LogP contribution >= 0.6 is 0 Å². The summed E-state index contributed by atoms with van der Waals surface area (Å²) in [5.74, 6) is -0.267. The molecule has 100 valence electrons. The molecule has 0 spiro atoms. The Bertz CT molecular complexity index is 534. The normalized spacial score (nSPS) is 12.1. The minimum absolute atomic E-state index is 0.0297. The van der Waals surface area contributed by atoms with Crippen LogP contribution in [0.1, 0.15) is 31.1 Å². The van der Waals surface area contributed by atoms with E-state index in [1.807, 2.05) is 41.1 Å². The lowest BCUT2D eigenvalue weighted by molar-refractivity contribution is -0.141. The number of benzene rings is 1. The lowest BCUT2D eigenvalue weighted by atomic mass is 10.1. The molecule has 0 saturated carbocycles. The largest absolute Gasteiger partial charge is 0.463 e. The third-order valence-electron chi connectivity index (χ3n) is 3.01. The zero-order valence-electron chi connectivity index (χ0n) is 11.2. The predicted molar refractivity (Wildman–Crippen MR) is 72.8 cm³/mol. The molecule has 0 aliphatic rings. The fourth-order valence-corrected chi connectivity index (χ4v) is 1.96. The van der Waals surface area contributed by atoms with Gasteiger partial charge in [0.2, 0.25) is 0 Å². The highest BCUT2D eigenvalue weighted by Gasteiger charge is 2.15. The van der Waals surface area contributed by atoms with Gasteiger partial charge in [-0.2, -0.15) is 0 Å². The maximum absolute atomic E-state index is 11.0. The Hall–Kier alpha value is -2.10. The number of carbonyl (C=O) groups excluding carboxylic acids is 1. The van der Waals surface area contributed by atoms with E-state index in [1.165, 1.54) is 6.92 Å². The van der Waals surface area contributed by atoms with Crippen molar-refractivity contribution in [3.05, 3.63) is 54.1 Å². The molecule has 0 aliphatic carbocycles. The van der Waals surface area contributed by atoms with Crippen LogP contribution in [-0.2, 0) is 16.0 Å². The molecule has 2 rings (SSSR count). The van der Waals surface area contributed by atoms with E-state index >= 15 is 0 Å². The van der Waals surface area contributed by atoms with E-state index in [-0.39, 0.29) is 12.0 Å². The van der Waals surface area contributed by atoms with Crippen molar-refractivity contribution in [1.82, 2.24) is 9.55 Å². The molecule has 1 heterocycles. The second kappa shape index (κ2) is 6.18. The highest BCUT2D eigenvalue weighted by atomic mass is 16.5. The van der Waals surface area contributed by atoms with Crippen molar-refractivity contribution in [3.8, 4) is 0 Å². The van der Waals surface area contributed by atoms with Gasteiger partial charge < -0.3 is 9.30 Å². The number of aryl methyl sites for hydroxylation is 1. The quantitative estimate of drug-likeness (QED) is 0.774. The molecule has 0 fully saturated rings. The zero-order valence-corrected chi connectivity index (χ0v) is 11.2. The first-order valence-corrected chi connectivity index (χ1v) is 6.41. The summed E-state index contributed by atoms with van der Waals surface area (Å²) >= 11 is 0. The Balaban J connectivity index is 2.25. The third-order valence-corrected chi connectivity index (χ3v) is 3.01. The minimum atomic E-state index is -0.267. The van der Waals surface area contributed by atoms with Crippen molar-refractivity contribution in [2.45, 2.75) is 26.3 Å². The van der Waals surface area contributed by atoms with Gasteiger partial charge in [-0.15, -0.1) is 0 Å². The van der Waals surface area contributed by atoms with Crippen LogP contribution < -0.4 is 0 Å². The number of ether oxygens (including phenoxy) is 1. The van der Waals surface area contributed by atoms with E-state index in [0.29, 0.717) is 6.61 Å². The van der Waals surface area contributed by atoms with Crippen molar-refractivity contribution in [3.63, 3.8) is 0 Å². The lowest BCUT2D eigenvalue weighted by Gasteiger charge is -2.18. The van der Waals surface area contributed by atoms with Gasteiger partial charge in [-0.05, 0) is 12.0 Å². The van der Waals surface area contributed by atoms with Crippen LogP contribution in [0.2, 0.25) is 0 Å². The molecule has 0 aliphatic heterocycles. The van der Waals surface area contributed by atoms with E-state index in [4.69, 9.17) is 4.74 Å². The summed E-state index contributed by atoms with van der Waals surface area (Å²) in [4.78, 5) is 15.4. The number of carbonyl (C=O) groups is 1. The van der Waals surface area contributed by atoms with Crippen LogP contribution in [0.25, 0.3) is 0 Å². The number of esters is 1. The van der Waals surface area contributed by atoms with Gasteiger partial charge in [0, 0.05) is 13.1 Å². The van der Waals surface area contributed by atoms with Gasteiger partial charge in [0.15, 0.2) is 0 Å². The molecular formula is C15H18N2O2. The maximum Gasteiger partial charge on any atom is 0.302 e. The number of rotatable bonds is 5. The molecule has 0 amide bonds. The van der Waals surface area contributed by atoms with Crippen LogP contribution in [0.3, 0.4) is 0 Å². The number of nitrogens with zero attached hydrogens (tertiary/aromatic N) is 2. The SMILES string of the molecule is CCc1cn(C(COC(C)=O)c2ccccc2)cn1. The van der Waals surface area contributed by atoms with E-state index in [2.05, 4.69) is 11.9 Å². The van der Waals surface area contributed by atoms with Gasteiger partial charge >= 0.3 is 5.97 Å². The molecule has 1 unspecified atom stereocenters. The van der Waals surface area contributed by atoms with Gasteiger partial charge in [-0.1, -0.05) is 37.3 Å². The van der Waals surface area contributed by atoms with Crippen LogP contribution in [-0.4, -0.2) is 22.1 Å². The number of hydrogen-bond acceptors (Lipinski definition) is 3. The van der Waals surface area contributed by atoms with Crippen molar-refractivity contribution < 1.29 is 9.53 Å². The molecule has 19 heavy (non-hydrogen) atoms. The van der Waals surface area contributed by atoms with Gasteiger partial charge in [-0.3, -0.25) is 4.79 Å². The number of imidazole rings is 1. The fraction of sp³-hybridized carbons (Fsp3) is 0.333. The molecule has 4 nitrogen and oxygen atoms in total. The van der Waals surface area contributed by atoms with E-state index in [9.17, 15) is 4.79 Å². The second-order valence-electron chi connectivity index (χ2n) is 4.39. The van der Waals surface area contributed by atoms with Crippen LogP contribution in [0.5, 0.6) is 0 Å². The molecule has 0 bridgehead atoms. The Labute approximate surface area is 113 Å². The monoisotopic (exact) mass is 258 g/mol. The number of hydrogen-bond donors (Lipinski definition) is 0. The Morgan fingerprint density at radius 2 is 2.11 bits per heavy atom. The van der Waals surface area contributed by atoms with Crippen LogP contribution in [0.15, 0.2) is 42.9 Å². The summed E-state index contributed by atoms with van der Waals surface area (Å²) in [5, 5.41) is 0.